The van der Waals surface area contributed by atoms with Crippen molar-refractivity contribution < 1.29 is 0 Å². The zero-order valence-electron chi connectivity index (χ0n) is 9.07. The molecule has 1 radical (unpaired) electrons. The standard InChI is InChI=1S/C12H21/c1-6-11(4)8-7-9-12(5)10(2)3/h8-9H,6-7H2,1-5H3. The molecule has 0 heterocycles. The Morgan fingerprint density at radius 1 is 1.08 bits per heavy atom. The van der Waals surface area contributed by atoms with Crippen molar-refractivity contribution in [3.05, 3.63) is 29.2 Å². The fourth-order valence-electron chi connectivity index (χ4n) is 0.785. The Morgan fingerprint density at radius 3 is 2.08 bits per heavy atom. The maximum absolute atomic E-state index is 2.30. The first-order valence-electron chi connectivity index (χ1n) is 4.70. The Labute approximate surface area is 77.4 Å². The third kappa shape index (κ3) is 5.17. The minimum absolute atomic E-state index is 1.08. The molecule has 69 valence electrons. The predicted octanol–water partition coefficient (Wildman–Crippen LogP) is 4.29. The summed E-state index contributed by atoms with van der Waals surface area (Å²) in [5, 5.41) is 0. The SMILES string of the molecule is CCC(C)=CC[CH]C(C)=C(C)C. The molecular weight excluding hydrogens is 144 g/mol. The molecule has 0 nitrogen and oxygen atoms in total. The summed E-state index contributed by atoms with van der Waals surface area (Å²) in [6.07, 6.45) is 6.83. The molecule has 0 atom stereocenters. The molecule has 0 heteroatoms. The van der Waals surface area contributed by atoms with Crippen LogP contribution in [0.3, 0.4) is 0 Å². The molecule has 0 unspecified atom stereocenters. The third-order valence-corrected chi connectivity index (χ3v) is 2.24. The fourth-order valence-corrected chi connectivity index (χ4v) is 0.785. The van der Waals surface area contributed by atoms with Crippen LogP contribution in [0.4, 0.5) is 0 Å². The van der Waals surface area contributed by atoms with E-state index in [0.717, 1.165) is 6.42 Å². The predicted molar refractivity (Wildman–Crippen MR) is 57.0 cm³/mol. The molecule has 0 amide bonds. The second kappa shape index (κ2) is 6.05. The van der Waals surface area contributed by atoms with Crippen LogP contribution in [0, 0.1) is 6.42 Å². The smallest absolute Gasteiger partial charge is 0.0100 e. The summed E-state index contributed by atoms with van der Waals surface area (Å²) in [7, 11) is 0. The van der Waals surface area contributed by atoms with E-state index in [1.807, 2.05) is 0 Å². The molecule has 0 bridgehead atoms. The van der Waals surface area contributed by atoms with Gasteiger partial charge in [0.05, 0.1) is 0 Å². The van der Waals surface area contributed by atoms with E-state index in [1.54, 1.807) is 0 Å². The second-order valence-corrected chi connectivity index (χ2v) is 3.53. The van der Waals surface area contributed by atoms with Gasteiger partial charge in [0.1, 0.15) is 0 Å². The third-order valence-electron chi connectivity index (χ3n) is 2.24. The zero-order chi connectivity index (χ0) is 9.56. The molecule has 0 aromatic rings. The van der Waals surface area contributed by atoms with Gasteiger partial charge in [-0.2, -0.15) is 0 Å². The summed E-state index contributed by atoms with van der Waals surface area (Å²) in [4.78, 5) is 0. The maximum Gasteiger partial charge on any atom is -0.0100 e. The van der Waals surface area contributed by atoms with Gasteiger partial charge in [0, 0.05) is 0 Å². The molecular formula is C12H21. The lowest BCUT2D eigenvalue weighted by Crippen LogP contribution is -1.82. The van der Waals surface area contributed by atoms with Crippen molar-refractivity contribution in [3.63, 3.8) is 0 Å². The maximum atomic E-state index is 2.30. The summed E-state index contributed by atoms with van der Waals surface area (Å²) in [6, 6.07) is 0. The van der Waals surface area contributed by atoms with E-state index in [0.29, 0.717) is 0 Å². The Kier molecular flexibility index (Phi) is 5.79. The molecule has 0 saturated heterocycles. The van der Waals surface area contributed by atoms with E-state index in [1.165, 1.54) is 23.1 Å². The molecule has 12 heavy (non-hydrogen) atoms. The van der Waals surface area contributed by atoms with Crippen molar-refractivity contribution in [3.8, 4) is 0 Å². The highest BCUT2D eigenvalue weighted by Crippen LogP contribution is 2.10. The molecule has 0 saturated carbocycles. The van der Waals surface area contributed by atoms with Crippen molar-refractivity contribution in [2.45, 2.75) is 47.5 Å². The quantitative estimate of drug-likeness (QED) is 0.545. The Balaban J connectivity index is 3.78. The lowest BCUT2D eigenvalue weighted by atomic mass is 10.1. The zero-order valence-corrected chi connectivity index (χ0v) is 9.07. The normalized spacial score (nSPS) is 11.6. The van der Waals surface area contributed by atoms with E-state index in [9.17, 15) is 0 Å². The topological polar surface area (TPSA) is 0 Å². The van der Waals surface area contributed by atoms with Gasteiger partial charge in [0.2, 0.25) is 0 Å². The highest BCUT2D eigenvalue weighted by atomic mass is 14.0. The Hall–Kier alpha value is -0.520. The number of rotatable bonds is 4. The van der Waals surface area contributed by atoms with Crippen LogP contribution in [0.15, 0.2) is 22.8 Å². The highest BCUT2D eigenvalue weighted by Gasteiger charge is 1.91. The van der Waals surface area contributed by atoms with Crippen LogP contribution >= 0.6 is 0 Å². The van der Waals surface area contributed by atoms with Crippen LogP contribution < -0.4 is 0 Å². The summed E-state index contributed by atoms with van der Waals surface area (Å²) < 4.78 is 0. The number of hydrogen-bond acceptors (Lipinski definition) is 0. The largest absolute Gasteiger partial charge is 0.0850 e. The summed E-state index contributed by atoms with van der Waals surface area (Å²) in [5.74, 6) is 0. The van der Waals surface area contributed by atoms with Crippen LogP contribution in [-0.4, -0.2) is 0 Å². The van der Waals surface area contributed by atoms with Gasteiger partial charge in [-0.1, -0.05) is 29.7 Å². The highest BCUT2D eigenvalue weighted by molar-refractivity contribution is 5.18. The fraction of sp³-hybridized carbons (Fsp3) is 0.583. The summed E-state index contributed by atoms with van der Waals surface area (Å²) in [5.41, 5.74) is 4.31. The molecule has 0 aliphatic rings. The monoisotopic (exact) mass is 165 g/mol. The average molecular weight is 165 g/mol. The van der Waals surface area contributed by atoms with Gasteiger partial charge in [0.15, 0.2) is 0 Å². The van der Waals surface area contributed by atoms with Gasteiger partial charge < -0.3 is 0 Å². The van der Waals surface area contributed by atoms with Crippen molar-refractivity contribution in [2.24, 2.45) is 0 Å². The van der Waals surface area contributed by atoms with Crippen LogP contribution in [0.2, 0.25) is 0 Å². The van der Waals surface area contributed by atoms with Crippen LogP contribution in [0.25, 0.3) is 0 Å². The van der Waals surface area contributed by atoms with Crippen molar-refractivity contribution >= 4 is 0 Å². The first-order valence-corrected chi connectivity index (χ1v) is 4.70. The Morgan fingerprint density at radius 2 is 1.67 bits per heavy atom. The van der Waals surface area contributed by atoms with Gasteiger partial charge in [-0.15, -0.1) is 0 Å². The van der Waals surface area contributed by atoms with Gasteiger partial charge in [-0.3, -0.25) is 0 Å². The molecule has 0 rings (SSSR count). The van der Waals surface area contributed by atoms with E-state index in [4.69, 9.17) is 0 Å². The minimum atomic E-state index is 1.08. The van der Waals surface area contributed by atoms with Gasteiger partial charge in [-0.05, 0) is 47.0 Å². The van der Waals surface area contributed by atoms with Crippen LogP contribution in [0.1, 0.15) is 47.5 Å². The van der Waals surface area contributed by atoms with E-state index in [-0.39, 0.29) is 0 Å². The second-order valence-electron chi connectivity index (χ2n) is 3.53. The first kappa shape index (κ1) is 11.5. The van der Waals surface area contributed by atoms with Crippen LogP contribution in [0.5, 0.6) is 0 Å². The Bertz CT molecular complexity index is 178. The van der Waals surface area contributed by atoms with Crippen molar-refractivity contribution in [1.82, 2.24) is 0 Å². The molecule has 0 N–H and O–H groups in total. The lowest BCUT2D eigenvalue weighted by molar-refractivity contribution is 1.06. The molecule has 0 fully saturated rings. The van der Waals surface area contributed by atoms with Gasteiger partial charge >= 0.3 is 0 Å². The molecule has 0 aromatic heterocycles. The van der Waals surface area contributed by atoms with E-state index in [2.05, 4.69) is 47.1 Å². The average Bonchev–Trinajstić information content (AvgIpc) is 2.03. The van der Waals surface area contributed by atoms with Crippen molar-refractivity contribution in [1.29, 1.82) is 0 Å². The first-order chi connectivity index (χ1) is 5.57. The minimum Gasteiger partial charge on any atom is -0.0850 e. The number of hydrogen-bond donors (Lipinski definition) is 0. The van der Waals surface area contributed by atoms with E-state index >= 15 is 0 Å². The molecule has 0 aliphatic heterocycles. The molecule has 0 spiro atoms. The number of allylic oxidation sites excluding steroid dienone is 4. The van der Waals surface area contributed by atoms with E-state index < -0.39 is 0 Å². The molecule has 0 aromatic carbocycles. The summed E-state index contributed by atoms with van der Waals surface area (Å²) >= 11 is 0. The lowest BCUT2D eigenvalue weighted by Gasteiger charge is -2.00. The van der Waals surface area contributed by atoms with Gasteiger partial charge in [0.25, 0.3) is 0 Å². The molecule has 0 aliphatic carbocycles. The summed E-state index contributed by atoms with van der Waals surface area (Å²) in [6.45, 7) is 10.9. The van der Waals surface area contributed by atoms with Gasteiger partial charge in [-0.25, -0.2) is 0 Å². The van der Waals surface area contributed by atoms with Crippen molar-refractivity contribution in [2.75, 3.05) is 0 Å². The van der Waals surface area contributed by atoms with Crippen LogP contribution in [-0.2, 0) is 0 Å².